The molecule has 0 saturated carbocycles. The summed E-state index contributed by atoms with van der Waals surface area (Å²) in [6, 6.07) is 18.2. The number of phenols is 1. The molecule has 1 heterocycles. The van der Waals surface area contributed by atoms with E-state index >= 15 is 0 Å². The van der Waals surface area contributed by atoms with E-state index in [4.69, 9.17) is 14.2 Å². The molecule has 3 aromatic rings. The van der Waals surface area contributed by atoms with E-state index in [1.807, 2.05) is 42.5 Å². The highest BCUT2D eigenvalue weighted by molar-refractivity contribution is 7.92. The first kappa shape index (κ1) is 25.6. The van der Waals surface area contributed by atoms with Gasteiger partial charge < -0.3 is 29.7 Å². The van der Waals surface area contributed by atoms with Crippen molar-refractivity contribution in [3.8, 4) is 23.0 Å². The fourth-order valence-electron chi connectivity index (χ4n) is 4.12. The maximum absolute atomic E-state index is 11.6. The van der Waals surface area contributed by atoms with Crippen molar-refractivity contribution >= 4 is 15.7 Å². The van der Waals surface area contributed by atoms with Crippen LogP contribution >= 0.6 is 0 Å². The zero-order valence-corrected chi connectivity index (χ0v) is 20.9. The van der Waals surface area contributed by atoms with Crippen molar-refractivity contribution < 1.29 is 32.8 Å². The number of sulfonamides is 1. The lowest BCUT2D eigenvalue weighted by Crippen LogP contribution is -2.32. The normalized spacial score (nSPS) is 14.3. The zero-order valence-electron chi connectivity index (χ0n) is 20.1. The van der Waals surface area contributed by atoms with Gasteiger partial charge in [-0.3, -0.25) is 4.72 Å². The molecule has 0 amide bonds. The van der Waals surface area contributed by atoms with Gasteiger partial charge >= 0.3 is 0 Å². The molecule has 3 aromatic carbocycles. The summed E-state index contributed by atoms with van der Waals surface area (Å²) < 4.78 is 42.0. The van der Waals surface area contributed by atoms with Crippen LogP contribution in [-0.2, 0) is 22.9 Å². The van der Waals surface area contributed by atoms with E-state index in [2.05, 4.69) is 10.0 Å². The Bertz CT molecular complexity index is 1300. The van der Waals surface area contributed by atoms with Crippen LogP contribution in [0.4, 0.5) is 5.69 Å². The fourth-order valence-corrected chi connectivity index (χ4v) is 4.69. The number of aliphatic hydroxyl groups excluding tert-OH is 1. The number of anilines is 1. The second-order valence-corrected chi connectivity index (χ2v) is 10.4. The van der Waals surface area contributed by atoms with Crippen LogP contribution in [-0.4, -0.2) is 51.4 Å². The maximum atomic E-state index is 11.6. The summed E-state index contributed by atoms with van der Waals surface area (Å²) in [6.07, 6.45) is 1.16. The molecule has 1 aliphatic rings. The van der Waals surface area contributed by atoms with E-state index in [1.54, 1.807) is 13.2 Å². The predicted octanol–water partition coefficient (Wildman–Crippen LogP) is 2.98. The summed E-state index contributed by atoms with van der Waals surface area (Å²) in [5, 5.41) is 24.2. The van der Waals surface area contributed by atoms with Gasteiger partial charge in [-0.2, -0.15) is 0 Å². The average molecular weight is 515 g/mol. The minimum absolute atomic E-state index is 0.0737. The van der Waals surface area contributed by atoms with Gasteiger partial charge in [-0.25, -0.2) is 8.42 Å². The van der Waals surface area contributed by atoms with Crippen molar-refractivity contribution in [1.29, 1.82) is 0 Å². The first-order chi connectivity index (χ1) is 17.2. The van der Waals surface area contributed by atoms with Gasteiger partial charge in [0.1, 0.15) is 5.75 Å². The molecule has 2 atom stereocenters. The third kappa shape index (κ3) is 6.60. The van der Waals surface area contributed by atoms with Gasteiger partial charge in [-0.15, -0.1) is 0 Å². The second kappa shape index (κ2) is 11.1. The zero-order chi connectivity index (χ0) is 25.7. The van der Waals surface area contributed by atoms with Crippen molar-refractivity contribution in [2.75, 3.05) is 31.4 Å². The van der Waals surface area contributed by atoms with E-state index in [-0.39, 0.29) is 37.2 Å². The number of fused-ring (bicyclic) bond motifs is 1. The van der Waals surface area contributed by atoms with E-state index in [0.717, 1.165) is 17.4 Å². The molecule has 192 valence electrons. The smallest absolute Gasteiger partial charge is 0.231 e. The van der Waals surface area contributed by atoms with Crippen LogP contribution < -0.4 is 24.2 Å². The summed E-state index contributed by atoms with van der Waals surface area (Å²) in [4.78, 5) is 0. The second-order valence-electron chi connectivity index (χ2n) is 8.69. The van der Waals surface area contributed by atoms with Gasteiger partial charge in [0, 0.05) is 12.6 Å². The first-order valence-corrected chi connectivity index (χ1v) is 13.3. The van der Waals surface area contributed by atoms with Crippen LogP contribution in [0.2, 0.25) is 0 Å². The van der Waals surface area contributed by atoms with Gasteiger partial charge in [0.25, 0.3) is 0 Å². The molecule has 0 radical (unpaired) electrons. The molecule has 2 unspecified atom stereocenters. The minimum Gasteiger partial charge on any atom is -0.506 e. The van der Waals surface area contributed by atoms with E-state index in [0.29, 0.717) is 29.2 Å². The van der Waals surface area contributed by atoms with Crippen LogP contribution in [0.5, 0.6) is 23.0 Å². The number of hydrogen-bond donors (Lipinski definition) is 4. The van der Waals surface area contributed by atoms with Crippen LogP contribution in [0.3, 0.4) is 0 Å². The quantitative estimate of drug-likeness (QED) is 0.288. The average Bonchev–Trinajstić information content (AvgIpc) is 3.32. The minimum atomic E-state index is -3.55. The number of rotatable bonds is 11. The molecule has 0 aliphatic carbocycles. The molecule has 0 bridgehead atoms. The summed E-state index contributed by atoms with van der Waals surface area (Å²) in [6.45, 7) is 0.400. The highest BCUT2D eigenvalue weighted by Gasteiger charge is 2.24. The van der Waals surface area contributed by atoms with E-state index in [9.17, 15) is 18.6 Å². The Morgan fingerprint density at radius 3 is 2.53 bits per heavy atom. The number of aliphatic hydroxyl groups is 1. The van der Waals surface area contributed by atoms with Crippen LogP contribution in [0.1, 0.15) is 22.7 Å². The number of hydrogen-bond acceptors (Lipinski definition) is 8. The lowest BCUT2D eigenvalue weighted by Gasteiger charge is -2.23. The Hall–Kier alpha value is -3.47. The van der Waals surface area contributed by atoms with Gasteiger partial charge in [0.15, 0.2) is 11.5 Å². The van der Waals surface area contributed by atoms with Gasteiger partial charge in [0.05, 0.1) is 25.2 Å². The summed E-state index contributed by atoms with van der Waals surface area (Å²) in [5.41, 5.74) is 2.80. The molecule has 10 heteroatoms. The number of aromatic hydroxyl groups is 1. The number of phenolic OH excluding ortho intramolecular Hbond substituents is 1. The highest BCUT2D eigenvalue weighted by atomic mass is 32.2. The summed E-state index contributed by atoms with van der Waals surface area (Å²) in [5.74, 6) is 1.58. The highest BCUT2D eigenvalue weighted by Crippen LogP contribution is 2.43. The molecular formula is C26H30N2O7S. The van der Waals surface area contributed by atoms with Gasteiger partial charge in [0.2, 0.25) is 22.6 Å². The third-order valence-electron chi connectivity index (χ3n) is 5.79. The molecular weight excluding hydrogens is 484 g/mol. The Labute approximate surface area is 210 Å². The molecule has 4 N–H and O–H groups in total. The van der Waals surface area contributed by atoms with E-state index < -0.39 is 16.1 Å². The Morgan fingerprint density at radius 2 is 1.81 bits per heavy atom. The van der Waals surface area contributed by atoms with Crippen molar-refractivity contribution in [2.45, 2.75) is 25.0 Å². The number of nitrogens with one attached hydrogen (secondary N) is 2. The number of methoxy groups -OCH3 is 1. The Balaban J connectivity index is 1.50. The Morgan fingerprint density at radius 1 is 1.03 bits per heavy atom. The molecule has 4 rings (SSSR count). The van der Waals surface area contributed by atoms with Crippen LogP contribution in [0.25, 0.3) is 0 Å². The standard InChI is InChI=1S/C26H30N2O7S/c1-33-24-13-19(14-25-26(24)35-16-34-25)21(11-17-6-4-3-5-7-17)27-15-20(29)10-18-8-9-23(30)22(12-18)28-36(2,31)32/h3-9,12-14,20-21,27-30H,10-11,15-16H2,1-2H3. The maximum Gasteiger partial charge on any atom is 0.231 e. The molecule has 36 heavy (non-hydrogen) atoms. The Kier molecular flexibility index (Phi) is 7.88. The fraction of sp³-hybridized carbons (Fsp3) is 0.308. The molecule has 1 aliphatic heterocycles. The molecule has 0 spiro atoms. The molecule has 0 aromatic heterocycles. The number of benzene rings is 3. The topological polar surface area (TPSA) is 126 Å². The number of ether oxygens (including phenoxy) is 3. The molecule has 9 nitrogen and oxygen atoms in total. The first-order valence-electron chi connectivity index (χ1n) is 11.4. The SMILES string of the molecule is COc1cc(C(Cc2ccccc2)NCC(O)Cc2ccc(O)c(NS(C)(=O)=O)c2)cc2c1OCO2. The van der Waals surface area contributed by atoms with Gasteiger partial charge in [-0.1, -0.05) is 36.4 Å². The van der Waals surface area contributed by atoms with Crippen LogP contribution in [0, 0.1) is 0 Å². The van der Waals surface area contributed by atoms with E-state index in [1.165, 1.54) is 12.1 Å². The lowest BCUT2D eigenvalue weighted by molar-refractivity contribution is 0.167. The van der Waals surface area contributed by atoms with Crippen molar-refractivity contribution in [3.63, 3.8) is 0 Å². The summed E-state index contributed by atoms with van der Waals surface area (Å²) in [7, 11) is -1.97. The molecule has 0 fully saturated rings. The molecule has 0 saturated heterocycles. The van der Waals surface area contributed by atoms with Crippen molar-refractivity contribution in [3.05, 3.63) is 77.4 Å². The summed E-state index contributed by atoms with van der Waals surface area (Å²) >= 11 is 0. The van der Waals surface area contributed by atoms with Crippen molar-refractivity contribution in [2.24, 2.45) is 0 Å². The third-order valence-corrected chi connectivity index (χ3v) is 6.38. The monoisotopic (exact) mass is 514 g/mol. The predicted molar refractivity (Wildman–Crippen MR) is 136 cm³/mol. The van der Waals surface area contributed by atoms with Crippen molar-refractivity contribution in [1.82, 2.24) is 5.32 Å². The van der Waals surface area contributed by atoms with Gasteiger partial charge in [-0.05, 0) is 53.8 Å². The van der Waals surface area contributed by atoms with Crippen LogP contribution in [0.15, 0.2) is 60.7 Å². The largest absolute Gasteiger partial charge is 0.506 e. The lowest BCUT2D eigenvalue weighted by atomic mass is 9.97.